The van der Waals surface area contributed by atoms with E-state index in [0.717, 1.165) is 35.8 Å². The highest BCUT2D eigenvalue weighted by atomic mass is 32.2. The number of benzene rings is 2. The third kappa shape index (κ3) is 8.37. The minimum atomic E-state index is -3.86. The van der Waals surface area contributed by atoms with Crippen molar-refractivity contribution in [1.29, 1.82) is 0 Å². The number of hydrogen-bond acceptors (Lipinski definition) is 9. The first-order valence-corrected chi connectivity index (χ1v) is 22.1. The Morgan fingerprint density at radius 1 is 1.03 bits per heavy atom. The van der Waals surface area contributed by atoms with Crippen LogP contribution in [0.1, 0.15) is 84.1 Å². The van der Waals surface area contributed by atoms with Crippen LogP contribution in [-0.2, 0) is 29.2 Å². The number of Topliss-reactive ketones (excluding diaryl/α,β-unsaturated/α-hetero) is 1. The summed E-state index contributed by atoms with van der Waals surface area (Å²) in [5.74, 6) is -1.39. The maximum Gasteiger partial charge on any atom is 0.240 e. The Morgan fingerprint density at radius 2 is 1.74 bits per heavy atom. The summed E-state index contributed by atoms with van der Waals surface area (Å²) in [6.45, 7) is 13.0. The number of ether oxygens (including phenoxy) is 2. The predicted octanol–water partition coefficient (Wildman–Crippen LogP) is 6.39. The molecule has 4 fully saturated rings. The average Bonchev–Trinajstić information content (AvgIpc) is 4.14. The number of nitrogens with one attached hydrogen (secondary N) is 1. The van der Waals surface area contributed by atoms with Crippen LogP contribution in [0.5, 0.6) is 11.5 Å². The maximum absolute atomic E-state index is 14.9. The highest BCUT2D eigenvalue weighted by Gasteiger charge is 2.61. The van der Waals surface area contributed by atoms with Gasteiger partial charge in [0.2, 0.25) is 27.7 Å². The lowest BCUT2D eigenvalue weighted by Crippen LogP contribution is -2.49. The Balaban J connectivity index is 1.23. The summed E-state index contributed by atoms with van der Waals surface area (Å²) in [5, 5.41) is 0.133. The first-order chi connectivity index (χ1) is 27.6. The number of ketones is 1. The maximum atomic E-state index is 14.9. The number of carbonyl (C=O) groups excluding carboxylic acids is 4. The molecular weight excluding hydrogens is 757 g/mol. The fraction of sp³-hybridized carbons (Fsp3) is 0.533. The van der Waals surface area contributed by atoms with Crippen LogP contribution in [0.25, 0.3) is 22.2 Å². The van der Waals surface area contributed by atoms with Crippen molar-refractivity contribution in [2.24, 2.45) is 22.7 Å². The number of aromatic nitrogens is 1. The Labute approximate surface area is 341 Å². The van der Waals surface area contributed by atoms with Crippen LogP contribution < -0.4 is 14.2 Å². The largest absolute Gasteiger partial charge is 0.496 e. The van der Waals surface area contributed by atoms with Gasteiger partial charge in [-0.05, 0) is 68.9 Å². The number of fused-ring (bicyclic) bond motifs is 1. The molecule has 0 spiro atoms. The van der Waals surface area contributed by atoms with Crippen LogP contribution in [0, 0.1) is 29.6 Å². The number of likely N-dealkylation sites (tertiary alicyclic amines) is 2. The summed E-state index contributed by atoms with van der Waals surface area (Å²) in [6.07, 6.45) is 5.00. The van der Waals surface area contributed by atoms with E-state index in [1.165, 1.54) is 0 Å². The van der Waals surface area contributed by atoms with Gasteiger partial charge < -0.3 is 19.3 Å². The van der Waals surface area contributed by atoms with Gasteiger partial charge in [-0.15, -0.1) is 6.58 Å². The van der Waals surface area contributed by atoms with Gasteiger partial charge in [-0.3, -0.25) is 23.9 Å². The molecule has 2 saturated heterocycles. The van der Waals surface area contributed by atoms with Gasteiger partial charge >= 0.3 is 0 Å². The molecule has 2 aliphatic carbocycles. The van der Waals surface area contributed by atoms with E-state index in [4.69, 9.17) is 14.5 Å². The zero-order valence-corrected chi connectivity index (χ0v) is 35.1. The molecule has 310 valence electrons. The van der Waals surface area contributed by atoms with Gasteiger partial charge in [0.1, 0.15) is 17.6 Å². The first-order valence-electron chi connectivity index (χ1n) is 20.6. The van der Waals surface area contributed by atoms with Crippen molar-refractivity contribution in [3.8, 4) is 22.8 Å². The Bertz CT molecular complexity index is 2210. The summed E-state index contributed by atoms with van der Waals surface area (Å²) in [6, 6.07) is 14.4. The molecule has 0 unspecified atom stereocenters. The fourth-order valence-electron chi connectivity index (χ4n) is 8.79. The quantitative estimate of drug-likeness (QED) is 0.183. The molecule has 0 radical (unpaired) electrons. The van der Waals surface area contributed by atoms with Gasteiger partial charge in [-0.2, -0.15) is 0 Å². The molecule has 5 atom stereocenters. The number of piperidine rings is 1. The normalized spacial score (nSPS) is 23.9. The number of allylic oxidation sites excluding steroid dienone is 1. The second-order valence-electron chi connectivity index (χ2n) is 17.7. The highest BCUT2D eigenvalue weighted by Crippen LogP contribution is 2.57. The lowest BCUT2D eigenvalue weighted by Gasteiger charge is -2.36. The van der Waals surface area contributed by atoms with Gasteiger partial charge in [0.05, 0.1) is 47.5 Å². The summed E-state index contributed by atoms with van der Waals surface area (Å²) in [5.41, 5.74) is 1.17. The number of methoxy groups -OCH3 is 1. The van der Waals surface area contributed by atoms with Crippen LogP contribution in [0.4, 0.5) is 0 Å². The van der Waals surface area contributed by atoms with Crippen molar-refractivity contribution in [3.63, 3.8) is 0 Å². The molecule has 3 heterocycles. The number of sulfonamides is 1. The molecule has 2 aliphatic heterocycles. The lowest BCUT2D eigenvalue weighted by atomic mass is 9.77. The van der Waals surface area contributed by atoms with E-state index in [-0.39, 0.29) is 49.8 Å². The highest BCUT2D eigenvalue weighted by molar-refractivity contribution is 7.90. The first kappa shape index (κ1) is 41.4. The molecule has 3 amide bonds. The minimum absolute atomic E-state index is 0.00567. The Morgan fingerprint density at radius 3 is 2.36 bits per heavy atom. The van der Waals surface area contributed by atoms with E-state index in [1.54, 1.807) is 18.1 Å². The summed E-state index contributed by atoms with van der Waals surface area (Å²) in [7, 11) is -2.25. The average molecular weight is 813 g/mol. The number of nitrogens with zero attached hydrogens (tertiary/aromatic N) is 3. The molecule has 58 heavy (non-hydrogen) atoms. The van der Waals surface area contributed by atoms with Crippen molar-refractivity contribution in [2.45, 2.75) is 103 Å². The molecule has 4 aliphatic rings. The molecular formula is C45H56N4O8S. The molecule has 0 bridgehead atoms. The smallest absolute Gasteiger partial charge is 0.240 e. The predicted molar refractivity (Wildman–Crippen MR) is 221 cm³/mol. The standard InChI is InChI=1S/C45H56N4O8S/c1-7-30-25-45(30,43(53)47-58(54,55)32-16-17-32)26-37(50)36-22-31(27-49(36)42(52)34(44(3,4)5)23-40(51)48-20-12-9-13-21-48)57-39-24-35(29-14-10-8-11-15-29)46-41-28(2)38(56-6)19-18-33(39)41/h7-8,10-11,14-15,18-19,24,30-32,34,36H,1,9,12-13,16-17,20-23,25-27H2,2-6H3,(H,47,53)/t30-,31-,34-,36+,45-/m1/s1. The fourth-order valence-corrected chi connectivity index (χ4v) is 10.2. The van der Waals surface area contributed by atoms with Crippen molar-refractivity contribution in [3.05, 3.63) is 66.7 Å². The summed E-state index contributed by atoms with van der Waals surface area (Å²) >= 11 is 0. The van der Waals surface area contributed by atoms with Crippen LogP contribution in [0.3, 0.4) is 0 Å². The second-order valence-corrected chi connectivity index (χ2v) is 19.7. The van der Waals surface area contributed by atoms with Gasteiger partial charge in [0.25, 0.3) is 0 Å². The molecule has 2 saturated carbocycles. The molecule has 1 N–H and O–H groups in total. The number of hydrogen-bond donors (Lipinski definition) is 1. The monoisotopic (exact) mass is 812 g/mol. The molecule has 12 nitrogen and oxygen atoms in total. The van der Waals surface area contributed by atoms with Crippen molar-refractivity contribution in [2.75, 3.05) is 26.7 Å². The molecule has 3 aromatic rings. The number of amides is 3. The molecule has 2 aromatic carbocycles. The van der Waals surface area contributed by atoms with E-state index >= 15 is 0 Å². The summed E-state index contributed by atoms with van der Waals surface area (Å²) < 4.78 is 40.4. The molecule has 7 rings (SSSR count). The van der Waals surface area contributed by atoms with Gasteiger partial charge in [-0.1, -0.05) is 57.2 Å². The number of pyridine rings is 1. The van der Waals surface area contributed by atoms with E-state index in [0.29, 0.717) is 48.6 Å². The van der Waals surface area contributed by atoms with Gasteiger partial charge in [-0.25, -0.2) is 13.4 Å². The van der Waals surface area contributed by atoms with E-state index < -0.39 is 56.0 Å². The van der Waals surface area contributed by atoms with Crippen molar-refractivity contribution >= 4 is 44.4 Å². The van der Waals surface area contributed by atoms with Gasteiger partial charge in [0.15, 0.2) is 5.78 Å². The zero-order valence-electron chi connectivity index (χ0n) is 34.3. The van der Waals surface area contributed by atoms with E-state index in [9.17, 15) is 27.6 Å². The Hall–Kier alpha value is -4.78. The molecule has 13 heteroatoms. The number of carbonyl (C=O) groups is 4. The number of aryl methyl sites for hydroxylation is 1. The van der Waals surface area contributed by atoms with E-state index in [2.05, 4.69) is 11.3 Å². The van der Waals surface area contributed by atoms with Gasteiger partial charge in [0, 0.05) is 54.9 Å². The Kier molecular flexibility index (Phi) is 11.5. The van der Waals surface area contributed by atoms with E-state index in [1.807, 2.05) is 81.1 Å². The second kappa shape index (κ2) is 16.1. The minimum Gasteiger partial charge on any atom is -0.496 e. The molecule has 1 aromatic heterocycles. The van der Waals surface area contributed by atoms with Crippen molar-refractivity contribution in [1.82, 2.24) is 19.5 Å². The topological polar surface area (TPSA) is 152 Å². The number of rotatable bonds is 14. The van der Waals surface area contributed by atoms with Crippen LogP contribution in [0.2, 0.25) is 0 Å². The third-order valence-corrected chi connectivity index (χ3v) is 14.5. The van der Waals surface area contributed by atoms with Crippen LogP contribution in [0.15, 0.2) is 61.2 Å². The lowest BCUT2D eigenvalue weighted by molar-refractivity contribution is -0.148. The van der Waals surface area contributed by atoms with Crippen molar-refractivity contribution < 1.29 is 37.1 Å². The third-order valence-electron chi connectivity index (χ3n) is 12.6. The zero-order chi connectivity index (χ0) is 41.6. The summed E-state index contributed by atoms with van der Waals surface area (Å²) in [4.78, 5) is 65.4. The van der Waals surface area contributed by atoms with Crippen LogP contribution >= 0.6 is 0 Å². The SMILES string of the molecule is C=C[C@@H]1C[C@]1(CC(=O)[C@@H]1C[C@@H](Oc2cc(-c3ccccc3)nc3c(C)c(OC)ccc23)CN1C(=O)[C@@H](CC(=O)N1CCCCC1)C(C)(C)C)C(=O)NS(=O)(=O)C1CC1. The van der Waals surface area contributed by atoms with Crippen LogP contribution in [-0.4, -0.2) is 90.8 Å².